The van der Waals surface area contributed by atoms with E-state index in [1.165, 1.54) is 5.56 Å². The predicted octanol–water partition coefficient (Wildman–Crippen LogP) is 6.02. The summed E-state index contributed by atoms with van der Waals surface area (Å²) < 4.78 is 7.61. The van der Waals surface area contributed by atoms with Gasteiger partial charge in [0.25, 0.3) is 0 Å². The summed E-state index contributed by atoms with van der Waals surface area (Å²) in [5.74, 6) is 1.25. The monoisotopic (exact) mass is 413 g/mol. The molecule has 4 aromatic rings. The first-order valence-electron chi connectivity index (χ1n) is 10.7. The molecule has 0 radical (unpaired) electrons. The highest BCUT2D eigenvalue weighted by Crippen LogP contribution is 2.31. The molecule has 1 N–H and O–H groups in total. The summed E-state index contributed by atoms with van der Waals surface area (Å²) in [6, 6.07) is 22.0. The first kappa shape index (κ1) is 20.7. The molecule has 0 saturated carbocycles. The second-order valence-corrected chi connectivity index (χ2v) is 7.69. The van der Waals surface area contributed by atoms with Crippen LogP contribution in [0.25, 0.3) is 16.9 Å². The molecule has 2 aromatic heterocycles. The highest BCUT2D eigenvalue weighted by Gasteiger charge is 2.15. The van der Waals surface area contributed by atoms with Crippen molar-refractivity contribution in [1.29, 1.82) is 0 Å². The maximum absolute atomic E-state index is 12.1. The Morgan fingerprint density at radius 1 is 1.06 bits per heavy atom. The topological polar surface area (TPSA) is 55.6 Å². The minimum Gasteiger partial charge on any atom is -0.427 e. The molecule has 0 bridgehead atoms. The number of benzene rings is 2. The molecule has 31 heavy (non-hydrogen) atoms. The number of imidazole rings is 1. The number of aryl methyl sites for hydroxylation is 1. The van der Waals surface area contributed by atoms with E-state index in [2.05, 4.69) is 47.8 Å². The van der Waals surface area contributed by atoms with Crippen molar-refractivity contribution in [2.45, 2.75) is 39.7 Å². The van der Waals surface area contributed by atoms with Crippen LogP contribution in [0.4, 0.5) is 5.82 Å². The number of unbranched alkanes of at least 4 members (excludes halogenated alkanes) is 1. The Kier molecular flexibility index (Phi) is 6.32. The first-order valence-corrected chi connectivity index (χ1v) is 10.7. The number of aromatic nitrogens is 2. The van der Waals surface area contributed by atoms with Gasteiger partial charge in [0, 0.05) is 24.7 Å². The van der Waals surface area contributed by atoms with Crippen LogP contribution in [0.1, 0.15) is 37.3 Å². The normalized spacial score (nSPS) is 10.9. The predicted molar refractivity (Wildman–Crippen MR) is 124 cm³/mol. The van der Waals surface area contributed by atoms with Crippen LogP contribution < -0.4 is 10.1 Å². The molecule has 0 saturated heterocycles. The fourth-order valence-electron chi connectivity index (χ4n) is 3.51. The van der Waals surface area contributed by atoms with Gasteiger partial charge in [-0.2, -0.15) is 0 Å². The summed E-state index contributed by atoms with van der Waals surface area (Å²) >= 11 is 0. The van der Waals surface area contributed by atoms with Crippen LogP contribution >= 0.6 is 0 Å². The van der Waals surface area contributed by atoms with Gasteiger partial charge in [0.05, 0.1) is 0 Å². The lowest BCUT2D eigenvalue weighted by Gasteiger charge is -2.10. The molecule has 5 nitrogen and oxygen atoms in total. The quantitative estimate of drug-likeness (QED) is 0.284. The van der Waals surface area contributed by atoms with Gasteiger partial charge < -0.3 is 10.1 Å². The number of ether oxygens (including phenoxy) is 1. The molecule has 5 heteroatoms. The van der Waals surface area contributed by atoms with Crippen molar-refractivity contribution in [1.82, 2.24) is 9.38 Å². The minimum absolute atomic E-state index is 0.202. The SMILES string of the molecule is CCCCC(=O)Oc1cccc(-c2nc3cc(C)ccn3c2NCc2ccccc2)c1. The molecule has 0 aliphatic rings. The van der Waals surface area contributed by atoms with Crippen LogP contribution in [-0.2, 0) is 11.3 Å². The van der Waals surface area contributed by atoms with Crippen LogP contribution in [0.3, 0.4) is 0 Å². The van der Waals surface area contributed by atoms with Crippen molar-refractivity contribution >= 4 is 17.4 Å². The van der Waals surface area contributed by atoms with Gasteiger partial charge in [0.2, 0.25) is 0 Å². The smallest absolute Gasteiger partial charge is 0.311 e. The van der Waals surface area contributed by atoms with Crippen LogP contribution in [0.2, 0.25) is 0 Å². The summed E-state index contributed by atoms with van der Waals surface area (Å²) in [5.41, 5.74) is 4.94. The number of rotatable bonds is 8. The second-order valence-electron chi connectivity index (χ2n) is 7.69. The van der Waals surface area contributed by atoms with Crippen molar-refractivity contribution in [2.75, 3.05) is 5.32 Å². The third kappa shape index (κ3) is 4.94. The highest BCUT2D eigenvalue weighted by atomic mass is 16.5. The number of carbonyl (C=O) groups is 1. The van der Waals surface area contributed by atoms with Crippen molar-refractivity contribution < 1.29 is 9.53 Å². The van der Waals surface area contributed by atoms with Crippen LogP contribution in [0.5, 0.6) is 5.75 Å². The van der Waals surface area contributed by atoms with Gasteiger partial charge in [-0.3, -0.25) is 9.20 Å². The van der Waals surface area contributed by atoms with Crippen LogP contribution in [-0.4, -0.2) is 15.4 Å². The molecule has 0 atom stereocenters. The molecule has 4 rings (SSSR count). The van der Waals surface area contributed by atoms with E-state index in [9.17, 15) is 4.79 Å². The Hall–Kier alpha value is -3.60. The maximum Gasteiger partial charge on any atom is 0.311 e. The molecule has 2 aromatic carbocycles. The number of pyridine rings is 1. The summed E-state index contributed by atoms with van der Waals surface area (Å²) in [6.07, 6.45) is 4.26. The van der Waals surface area contributed by atoms with E-state index < -0.39 is 0 Å². The minimum atomic E-state index is -0.202. The summed E-state index contributed by atoms with van der Waals surface area (Å²) in [7, 11) is 0. The Bertz CT molecular complexity index is 1180. The number of hydrogen-bond donors (Lipinski definition) is 1. The molecular formula is C26H27N3O2. The molecule has 2 heterocycles. The van der Waals surface area contributed by atoms with E-state index >= 15 is 0 Å². The zero-order chi connectivity index (χ0) is 21.6. The maximum atomic E-state index is 12.1. The number of esters is 1. The summed E-state index contributed by atoms with van der Waals surface area (Å²) in [4.78, 5) is 17.0. The van der Waals surface area contributed by atoms with E-state index in [0.29, 0.717) is 18.7 Å². The number of carbonyl (C=O) groups excluding carboxylic acids is 1. The zero-order valence-electron chi connectivity index (χ0n) is 18.0. The fraction of sp³-hybridized carbons (Fsp3) is 0.231. The number of nitrogens with zero attached hydrogens (tertiary/aromatic N) is 2. The Balaban J connectivity index is 1.68. The number of nitrogens with one attached hydrogen (secondary N) is 1. The van der Waals surface area contributed by atoms with E-state index in [0.717, 1.165) is 41.1 Å². The number of anilines is 1. The molecule has 0 unspecified atom stereocenters. The average molecular weight is 414 g/mol. The van der Waals surface area contributed by atoms with Crippen molar-refractivity contribution in [3.8, 4) is 17.0 Å². The lowest BCUT2D eigenvalue weighted by atomic mass is 10.1. The van der Waals surface area contributed by atoms with E-state index in [4.69, 9.17) is 9.72 Å². The van der Waals surface area contributed by atoms with Gasteiger partial charge in [-0.05, 0) is 48.7 Å². The molecule has 158 valence electrons. The largest absolute Gasteiger partial charge is 0.427 e. The van der Waals surface area contributed by atoms with Crippen LogP contribution in [0, 0.1) is 6.92 Å². The van der Waals surface area contributed by atoms with Crippen molar-refractivity contribution in [3.63, 3.8) is 0 Å². The third-order valence-corrected chi connectivity index (χ3v) is 5.16. The summed E-state index contributed by atoms with van der Waals surface area (Å²) in [6.45, 7) is 4.80. The molecule has 0 fully saturated rings. The molecular weight excluding hydrogens is 386 g/mol. The van der Waals surface area contributed by atoms with Crippen molar-refractivity contribution in [2.24, 2.45) is 0 Å². The van der Waals surface area contributed by atoms with E-state index in [1.807, 2.05) is 48.7 Å². The van der Waals surface area contributed by atoms with Gasteiger partial charge in [0.15, 0.2) is 0 Å². The summed E-state index contributed by atoms with van der Waals surface area (Å²) in [5, 5.41) is 3.55. The zero-order valence-corrected chi connectivity index (χ0v) is 18.0. The highest BCUT2D eigenvalue weighted by molar-refractivity contribution is 5.78. The Labute approximate surface area is 182 Å². The second kappa shape index (κ2) is 9.47. The number of fused-ring (bicyclic) bond motifs is 1. The lowest BCUT2D eigenvalue weighted by molar-refractivity contribution is -0.134. The number of hydrogen-bond acceptors (Lipinski definition) is 4. The molecule has 0 aliphatic carbocycles. The van der Waals surface area contributed by atoms with Crippen LogP contribution in [0.15, 0.2) is 72.9 Å². The van der Waals surface area contributed by atoms with Gasteiger partial charge in [0.1, 0.15) is 22.9 Å². The van der Waals surface area contributed by atoms with Crippen molar-refractivity contribution in [3.05, 3.63) is 84.1 Å². The molecule has 0 aliphatic heterocycles. The molecule has 0 amide bonds. The average Bonchev–Trinajstić information content (AvgIpc) is 3.14. The Morgan fingerprint density at radius 2 is 1.90 bits per heavy atom. The third-order valence-electron chi connectivity index (χ3n) is 5.16. The van der Waals surface area contributed by atoms with Gasteiger partial charge >= 0.3 is 5.97 Å². The van der Waals surface area contributed by atoms with E-state index in [1.54, 1.807) is 0 Å². The Morgan fingerprint density at radius 3 is 2.71 bits per heavy atom. The first-order chi connectivity index (χ1) is 15.1. The lowest BCUT2D eigenvalue weighted by Crippen LogP contribution is -2.07. The van der Waals surface area contributed by atoms with Gasteiger partial charge in [-0.25, -0.2) is 4.98 Å². The van der Waals surface area contributed by atoms with Gasteiger partial charge in [-0.15, -0.1) is 0 Å². The van der Waals surface area contributed by atoms with E-state index in [-0.39, 0.29) is 5.97 Å². The fourth-order valence-corrected chi connectivity index (χ4v) is 3.51. The standard InChI is InChI=1S/C26H27N3O2/c1-3-4-13-24(30)31-22-12-8-11-21(17-22)25-26(27-18-20-9-6-5-7-10-20)29-15-14-19(2)16-23(29)28-25/h5-12,14-17,27H,3-4,13,18H2,1-2H3. The molecule has 0 spiro atoms. The van der Waals surface area contributed by atoms with Gasteiger partial charge in [-0.1, -0.05) is 55.8 Å².